The third kappa shape index (κ3) is 4.71. The number of anilines is 1. The number of carbonyl (C=O) groups excluding carboxylic acids is 3. The lowest BCUT2D eigenvalue weighted by Gasteiger charge is -2.32. The standard InChI is InChI=1S/C23H25N3O3/c1-15(21(27)22(25)28)19-14-18(7-8-20(19)24)23(29)26-11-9-17(10-12-26)13-16-5-3-2-4-6-16/h2-8,14,17H,1,9-13,24H2,(H2,25,28). The minimum absolute atomic E-state index is 0.105. The van der Waals surface area contributed by atoms with Gasteiger partial charge < -0.3 is 16.4 Å². The summed E-state index contributed by atoms with van der Waals surface area (Å²) in [7, 11) is 0. The van der Waals surface area contributed by atoms with Crippen molar-refractivity contribution in [2.45, 2.75) is 19.3 Å². The molecule has 0 aromatic heterocycles. The lowest BCUT2D eigenvalue weighted by molar-refractivity contribution is -0.132. The summed E-state index contributed by atoms with van der Waals surface area (Å²) >= 11 is 0. The van der Waals surface area contributed by atoms with Crippen LogP contribution in [0.1, 0.15) is 34.3 Å². The number of nitrogens with zero attached hydrogens (tertiary/aromatic N) is 1. The van der Waals surface area contributed by atoms with Gasteiger partial charge in [0.05, 0.1) is 0 Å². The van der Waals surface area contributed by atoms with Crippen LogP contribution in [-0.2, 0) is 16.0 Å². The second kappa shape index (κ2) is 8.73. The number of rotatable bonds is 6. The summed E-state index contributed by atoms with van der Waals surface area (Å²) in [6.45, 7) is 4.97. The molecule has 1 heterocycles. The molecule has 0 saturated carbocycles. The van der Waals surface area contributed by atoms with Crippen LogP contribution in [0.5, 0.6) is 0 Å². The first-order valence-electron chi connectivity index (χ1n) is 9.63. The van der Waals surface area contributed by atoms with Crippen molar-refractivity contribution in [3.63, 3.8) is 0 Å². The lowest BCUT2D eigenvalue weighted by atomic mass is 9.90. The van der Waals surface area contributed by atoms with Gasteiger partial charge in [0.15, 0.2) is 0 Å². The average molecular weight is 391 g/mol. The Bertz CT molecular complexity index is 945. The molecule has 0 unspecified atom stereocenters. The summed E-state index contributed by atoms with van der Waals surface area (Å²) in [5, 5.41) is 0. The fourth-order valence-electron chi connectivity index (χ4n) is 3.69. The first-order valence-corrected chi connectivity index (χ1v) is 9.63. The molecule has 1 saturated heterocycles. The fourth-order valence-corrected chi connectivity index (χ4v) is 3.69. The van der Waals surface area contributed by atoms with E-state index >= 15 is 0 Å². The van der Waals surface area contributed by atoms with Gasteiger partial charge in [-0.25, -0.2) is 0 Å². The van der Waals surface area contributed by atoms with Crippen LogP contribution in [-0.4, -0.2) is 35.6 Å². The molecule has 0 bridgehead atoms. The maximum Gasteiger partial charge on any atom is 0.289 e. The molecule has 1 aliphatic rings. The van der Waals surface area contributed by atoms with E-state index in [9.17, 15) is 14.4 Å². The SMILES string of the molecule is C=C(C(=O)C(N)=O)c1cc(C(=O)N2CCC(Cc3ccccc3)CC2)ccc1N. The molecule has 0 spiro atoms. The van der Waals surface area contributed by atoms with Crippen molar-refractivity contribution >= 4 is 28.9 Å². The highest BCUT2D eigenvalue weighted by Gasteiger charge is 2.25. The van der Waals surface area contributed by atoms with Crippen LogP contribution in [0.3, 0.4) is 0 Å². The maximum atomic E-state index is 12.9. The first-order chi connectivity index (χ1) is 13.9. The molecular weight excluding hydrogens is 366 g/mol. The molecule has 1 fully saturated rings. The van der Waals surface area contributed by atoms with Gasteiger partial charge in [-0.3, -0.25) is 14.4 Å². The van der Waals surface area contributed by atoms with E-state index in [-0.39, 0.29) is 22.7 Å². The summed E-state index contributed by atoms with van der Waals surface area (Å²) < 4.78 is 0. The molecule has 3 rings (SSSR count). The Morgan fingerprint density at radius 2 is 1.69 bits per heavy atom. The van der Waals surface area contributed by atoms with Crippen molar-refractivity contribution in [2.75, 3.05) is 18.8 Å². The van der Waals surface area contributed by atoms with Crippen LogP contribution in [0.25, 0.3) is 5.57 Å². The molecule has 29 heavy (non-hydrogen) atoms. The largest absolute Gasteiger partial charge is 0.398 e. The Balaban J connectivity index is 1.67. The number of benzene rings is 2. The Morgan fingerprint density at radius 3 is 2.31 bits per heavy atom. The Hall–Kier alpha value is -3.41. The Morgan fingerprint density at radius 1 is 1.03 bits per heavy atom. The second-order valence-corrected chi connectivity index (χ2v) is 7.40. The number of ketones is 1. The molecule has 2 aromatic rings. The van der Waals surface area contributed by atoms with Crippen molar-refractivity contribution in [2.24, 2.45) is 11.7 Å². The predicted molar refractivity (Wildman–Crippen MR) is 113 cm³/mol. The van der Waals surface area contributed by atoms with Crippen molar-refractivity contribution in [3.8, 4) is 0 Å². The normalized spacial score (nSPS) is 14.4. The van der Waals surface area contributed by atoms with Gasteiger partial charge in [0.25, 0.3) is 11.8 Å². The van der Waals surface area contributed by atoms with Gasteiger partial charge in [-0.15, -0.1) is 0 Å². The molecule has 2 amide bonds. The third-order valence-electron chi connectivity index (χ3n) is 5.39. The number of amides is 2. The summed E-state index contributed by atoms with van der Waals surface area (Å²) in [5.74, 6) is -1.59. The second-order valence-electron chi connectivity index (χ2n) is 7.40. The van der Waals surface area contributed by atoms with Crippen molar-refractivity contribution < 1.29 is 14.4 Å². The van der Waals surface area contributed by atoms with Crippen LogP contribution in [0.2, 0.25) is 0 Å². The van der Waals surface area contributed by atoms with E-state index in [2.05, 4.69) is 18.7 Å². The Kier molecular flexibility index (Phi) is 6.12. The number of nitrogens with two attached hydrogens (primary N) is 2. The van der Waals surface area contributed by atoms with Gasteiger partial charge >= 0.3 is 0 Å². The van der Waals surface area contributed by atoms with Crippen LogP contribution >= 0.6 is 0 Å². The zero-order valence-electron chi connectivity index (χ0n) is 16.3. The number of likely N-dealkylation sites (tertiary alicyclic amines) is 1. The van der Waals surface area contributed by atoms with Gasteiger partial charge in [-0.2, -0.15) is 0 Å². The van der Waals surface area contributed by atoms with Gasteiger partial charge in [-0.1, -0.05) is 36.9 Å². The number of Topliss-reactive ketones (excluding diaryl/α,β-unsaturated/α-hetero) is 1. The monoisotopic (exact) mass is 391 g/mol. The topological polar surface area (TPSA) is 106 Å². The highest BCUT2D eigenvalue weighted by molar-refractivity contribution is 6.53. The molecule has 150 valence electrons. The third-order valence-corrected chi connectivity index (χ3v) is 5.39. The van der Waals surface area contributed by atoms with Crippen LogP contribution in [0.4, 0.5) is 5.69 Å². The average Bonchev–Trinajstić information content (AvgIpc) is 2.74. The highest BCUT2D eigenvalue weighted by atomic mass is 16.2. The maximum absolute atomic E-state index is 12.9. The van der Waals surface area contributed by atoms with Crippen molar-refractivity contribution in [1.29, 1.82) is 0 Å². The summed E-state index contributed by atoms with van der Waals surface area (Å²) in [6, 6.07) is 15.0. The van der Waals surface area contributed by atoms with E-state index < -0.39 is 11.7 Å². The van der Waals surface area contributed by atoms with Gasteiger partial charge in [0.2, 0.25) is 5.78 Å². The van der Waals surface area contributed by atoms with Crippen LogP contribution in [0, 0.1) is 5.92 Å². The van der Waals surface area contributed by atoms with E-state index in [1.165, 1.54) is 11.6 Å². The fraction of sp³-hybridized carbons (Fsp3) is 0.261. The van der Waals surface area contributed by atoms with Crippen molar-refractivity contribution in [1.82, 2.24) is 4.90 Å². The molecule has 0 aliphatic carbocycles. The van der Waals surface area contributed by atoms with E-state index in [1.807, 2.05) is 23.1 Å². The predicted octanol–water partition coefficient (Wildman–Crippen LogP) is 2.43. The number of primary amides is 1. The van der Waals surface area contributed by atoms with Crippen LogP contribution < -0.4 is 11.5 Å². The zero-order valence-corrected chi connectivity index (χ0v) is 16.3. The minimum atomic E-state index is -1.10. The van der Waals surface area contributed by atoms with E-state index in [4.69, 9.17) is 11.5 Å². The van der Waals surface area contributed by atoms with Crippen LogP contribution in [0.15, 0.2) is 55.1 Å². The van der Waals surface area contributed by atoms with E-state index in [0.717, 1.165) is 19.3 Å². The minimum Gasteiger partial charge on any atom is -0.398 e. The van der Waals surface area contributed by atoms with E-state index in [1.54, 1.807) is 12.1 Å². The summed E-state index contributed by atoms with van der Waals surface area (Å²) in [6.07, 6.45) is 2.90. The number of carbonyl (C=O) groups is 3. The molecule has 1 aliphatic heterocycles. The lowest BCUT2D eigenvalue weighted by Crippen LogP contribution is -2.39. The van der Waals surface area contributed by atoms with Gasteiger partial charge in [0.1, 0.15) is 0 Å². The van der Waals surface area contributed by atoms with Crippen molar-refractivity contribution in [3.05, 3.63) is 71.8 Å². The number of hydrogen-bond acceptors (Lipinski definition) is 4. The summed E-state index contributed by atoms with van der Waals surface area (Å²) in [5.41, 5.74) is 13.1. The smallest absolute Gasteiger partial charge is 0.289 e. The molecule has 0 radical (unpaired) electrons. The van der Waals surface area contributed by atoms with E-state index in [0.29, 0.717) is 24.6 Å². The molecule has 6 nitrogen and oxygen atoms in total. The number of nitrogen functional groups attached to an aromatic ring is 1. The molecular formula is C23H25N3O3. The van der Waals surface area contributed by atoms with Gasteiger partial charge in [-0.05, 0) is 48.9 Å². The first kappa shape index (κ1) is 20.3. The quantitative estimate of drug-likeness (QED) is 0.448. The number of hydrogen-bond donors (Lipinski definition) is 2. The molecule has 6 heteroatoms. The zero-order chi connectivity index (χ0) is 21.0. The number of piperidine rings is 1. The molecule has 2 aromatic carbocycles. The highest BCUT2D eigenvalue weighted by Crippen LogP contribution is 2.26. The molecule has 4 N–H and O–H groups in total. The molecule has 0 atom stereocenters. The summed E-state index contributed by atoms with van der Waals surface area (Å²) in [4.78, 5) is 37.7. The van der Waals surface area contributed by atoms with Gasteiger partial charge in [0, 0.05) is 35.5 Å². The Labute approximate surface area is 170 Å².